The predicted molar refractivity (Wildman–Crippen MR) is 62.2 cm³/mol. The van der Waals surface area contributed by atoms with E-state index in [1.807, 2.05) is 0 Å². The minimum atomic E-state index is 0.317. The van der Waals surface area contributed by atoms with Crippen molar-refractivity contribution in [3.8, 4) is 0 Å². The largest absolute Gasteiger partial charge is 0.361 e. The van der Waals surface area contributed by atoms with Crippen molar-refractivity contribution in [2.75, 3.05) is 5.32 Å². The first-order chi connectivity index (χ1) is 7.74. The normalized spacial score (nSPS) is 18.2. The molecule has 0 amide bonds. The van der Waals surface area contributed by atoms with Crippen LogP contribution in [0.2, 0.25) is 0 Å². The topological polar surface area (TPSA) is 42.7 Å². The summed E-state index contributed by atoms with van der Waals surface area (Å²) in [5, 5.41) is 3.40. The molecule has 82 valence electrons. The Morgan fingerprint density at radius 3 is 2.88 bits per heavy atom. The molecule has 1 atom stereocenters. The smallest absolute Gasteiger partial charge is 0.148 e. The van der Waals surface area contributed by atoms with Gasteiger partial charge in [-0.1, -0.05) is 0 Å². The Bertz CT molecular complexity index is 485. The molecule has 0 aliphatic carbocycles. The fourth-order valence-corrected chi connectivity index (χ4v) is 2.14. The molecule has 1 aliphatic heterocycles. The first-order valence-electron chi connectivity index (χ1n) is 5.43. The van der Waals surface area contributed by atoms with Crippen LogP contribution in [0.5, 0.6) is 0 Å². The summed E-state index contributed by atoms with van der Waals surface area (Å²) in [5.41, 5.74) is 3.64. The van der Waals surface area contributed by atoms with Gasteiger partial charge in [-0.15, -0.1) is 0 Å². The maximum Gasteiger partial charge on any atom is 0.148 e. The van der Waals surface area contributed by atoms with Crippen LogP contribution in [0.1, 0.15) is 23.0 Å². The van der Waals surface area contributed by atoms with Gasteiger partial charge >= 0.3 is 0 Å². The van der Waals surface area contributed by atoms with E-state index in [4.69, 9.17) is 0 Å². The molecule has 0 fully saturated rings. The van der Waals surface area contributed by atoms with Gasteiger partial charge in [-0.25, -0.2) is 4.98 Å². The molecule has 3 heterocycles. The molecular weight excluding hydrogens is 200 g/mol. The molecule has 3 rings (SSSR count). The third-order valence-electron chi connectivity index (χ3n) is 3.16. The molecule has 2 aromatic heterocycles. The lowest BCUT2D eigenvalue weighted by molar-refractivity contribution is 0.801. The molecule has 1 unspecified atom stereocenters. The Labute approximate surface area is 94.4 Å². The summed E-state index contributed by atoms with van der Waals surface area (Å²) in [6.07, 6.45) is 6.56. The van der Waals surface area contributed by atoms with Gasteiger partial charge in [-0.05, 0) is 18.6 Å². The van der Waals surface area contributed by atoms with Crippen LogP contribution in [0, 0.1) is 6.92 Å². The minimum absolute atomic E-state index is 0.317. The van der Waals surface area contributed by atoms with E-state index < -0.39 is 0 Å². The van der Waals surface area contributed by atoms with Crippen LogP contribution in [0.15, 0.2) is 24.7 Å². The first kappa shape index (κ1) is 9.39. The molecule has 0 aromatic carbocycles. The molecule has 2 aromatic rings. The van der Waals surface area contributed by atoms with Crippen LogP contribution in [0.3, 0.4) is 0 Å². The van der Waals surface area contributed by atoms with Gasteiger partial charge in [-0.2, -0.15) is 0 Å². The van der Waals surface area contributed by atoms with Crippen molar-refractivity contribution >= 4 is 5.82 Å². The third kappa shape index (κ3) is 1.38. The van der Waals surface area contributed by atoms with Crippen LogP contribution in [0.25, 0.3) is 0 Å². The molecule has 0 saturated carbocycles. The zero-order valence-electron chi connectivity index (χ0n) is 9.44. The van der Waals surface area contributed by atoms with Gasteiger partial charge in [-0.3, -0.25) is 4.98 Å². The lowest BCUT2D eigenvalue weighted by atomic mass is 10.1. The third-order valence-corrected chi connectivity index (χ3v) is 3.16. The quantitative estimate of drug-likeness (QED) is 0.787. The second-order valence-corrected chi connectivity index (χ2v) is 4.28. The monoisotopic (exact) mass is 214 g/mol. The van der Waals surface area contributed by atoms with Crippen molar-refractivity contribution in [1.29, 1.82) is 0 Å². The van der Waals surface area contributed by atoms with E-state index in [-0.39, 0.29) is 0 Å². The van der Waals surface area contributed by atoms with Gasteiger partial charge in [0.2, 0.25) is 0 Å². The van der Waals surface area contributed by atoms with Crippen LogP contribution in [0.4, 0.5) is 5.82 Å². The Hall–Kier alpha value is -1.84. The second kappa shape index (κ2) is 3.33. The lowest BCUT2D eigenvalue weighted by Crippen LogP contribution is -2.04. The van der Waals surface area contributed by atoms with Crippen molar-refractivity contribution in [3.05, 3.63) is 41.6 Å². The van der Waals surface area contributed by atoms with E-state index >= 15 is 0 Å². The summed E-state index contributed by atoms with van der Waals surface area (Å²) in [6.45, 7) is 2.11. The standard InChI is InChI=1S/C12H14N4/c1-8-5-9(7-16(8)2)10-6-11-12(15-10)14-4-3-13-11/h3-5,7,10H,6H2,1-2H3,(H,14,15). The van der Waals surface area contributed by atoms with Crippen molar-refractivity contribution in [3.63, 3.8) is 0 Å². The summed E-state index contributed by atoms with van der Waals surface area (Å²) in [7, 11) is 2.07. The maximum atomic E-state index is 4.33. The number of anilines is 1. The molecule has 0 saturated heterocycles. The maximum absolute atomic E-state index is 4.33. The number of hydrogen-bond donors (Lipinski definition) is 1. The Morgan fingerprint density at radius 2 is 2.19 bits per heavy atom. The van der Waals surface area contributed by atoms with Crippen LogP contribution in [-0.2, 0) is 13.5 Å². The van der Waals surface area contributed by atoms with Gasteiger partial charge in [0.25, 0.3) is 0 Å². The number of fused-ring (bicyclic) bond motifs is 1. The number of aryl methyl sites for hydroxylation is 2. The average molecular weight is 214 g/mol. The highest BCUT2D eigenvalue weighted by molar-refractivity contribution is 5.49. The van der Waals surface area contributed by atoms with Crippen LogP contribution in [-0.4, -0.2) is 14.5 Å². The molecule has 4 nitrogen and oxygen atoms in total. The highest BCUT2D eigenvalue weighted by Gasteiger charge is 2.24. The summed E-state index contributed by atoms with van der Waals surface area (Å²) in [6, 6.07) is 2.53. The van der Waals surface area contributed by atoms with E-state index in [0.717, 1.165) is 17.9 Å². The van der Waals surface area contributed by atoms with E-state index in [9.17, 15) is 0 Å². The van der Waals surface area contributed by atoms with Crippen molar-refractivity contribution in [2.45, 2.75) is 19.4 Å². The van der Waals surface area contributed by atoms with Gasteiger partial charge in [0, 0.05) is 37.8 Å². The number of rotatable bonds is 1. The molecular formula is C12H14N4. The van der Waals surface area contributed by atoms with Gasteiger partial charge < -0.3 is 9.88 Å². The molecule has 1 aliphatic rings. The summed E-state index contributed by atoms with van der Waals surface area (Å²) < 4.78 is 2.14. The SMILES string of the molecule is Cc1cc(C2Cc3nccnc3N2)cn1C. The summed E-state index contributed by atoms with van der Waals surface area (Å²) in [5.74, 6) is 0.925. The fourth-order valence-electron chi connectivity index (χ4n) is 2.14. The number of nitrogens with one attached hydrogen (secondary N) is 1. The summed E-state index contributed by atoms with van der Waals surface area (Å²) in [4.78, 5) is 8.62. The van der Waals surface area contributed by atoms with Crippen molar-refractivity contribution < 1.29 is 0 Å². The minimum Gasteiger partial charge on any atom is -0.361 e. The van der Waals surface area contributed by atoms with E-state index in [1.165, 1.54) is 11.3 Å². The zero-order chi connectivity index (χ0) is 11.1. The lowest BCUT2D eigenvalue weighted by Gasteiger charge is -2.07. The molecule has 16 heavy (non-hydrogen) atoms. The first-order valence-corrected chi connectivity index (χ1v) is 5.43. The van der Waals surface area contributed by atoms with Crippen LogP contribution < -0.4 is 5.32 Å². The Kier molecular flexibility index (Phi) is 1.96. The molecule has 0 spiro atoms. The fraction of sp³-hybridized carbons (Fsp3) is 0.333. The number of aromatic nitrogens is 3. The van der Waals surface area contributed by atoms with Crippen LogP contribution >= 0.6 is 0 Å². The second-order valence-electron chi connectivity index (χ2n) is 4.28. The summed E-state index contributed by atoms with van der Waals surface area (Å²) >= 11 is 0. The Balaban J connectivity index is 1.91. The van der Waals surface area contributed by atoms with Gasteiger partial charge in [0.1, 0.15) is 5.82 Å². The number of nitrogens with zero attached hydrogens (tertiary/aromatic N) is 3. The molecule has 1 N–H and O–H groups in total. The highest BCUT2D eigenvalue weighted by atomic mass is 15.1. The Morgan fingerprint density at radius 1 is 1.38 bits per heavy atom. The number of hydrogen-bond acceptors (Lipinski definition) is 3. The molecule has 0 radical (unpaired) electrons. The molecule has 0 bridgehead atoms. The zero-order valence-corrected chi connectivity index (χ0v) is 9.44. The predicted octanol–water partition coefficient (Wildman–Crippen LogP) is 1.83. The van der Waals surface area contributed by atoms with Gasteiger partial charge in [0.15, 0.2) is 0 Å². The van der Waals surface area contributed by atoms with Gasteiger partial charge in [0.05, 0.1) is 11.7 Å². The van der Waals surface area contributed by atoms with E-state index in [0.29, 0.717) is 6.04 Å². The van der Waals surface area contributed by atoms with Crippen molar-refractivity contribution in [1.82, 2.24) is 14.5 Å². The average Bonchev–Trinajstić information content (AvgIpc) is 2.83. The highest BCUT2D eigenvalue weighted by Crippen LogP contribution is 2.31. The van der Waals surface area contributed by atoms with E-state index in [2.05, 4.69) is 46.1 Å². The van der Waals surface area contributed by atoms with E-state index in [1.54, 1.807) is 12.4 Å². The van der Waals surface area contributed by atoms with Crippen molar-refractivity contribution in [2.24, 2.45) is 7.05 Å². The molecule has 4 heteroatoms.